The minimum Gasteiger partial charge on any atom is -0.484 e. The van der Waals surface area contributed by atoms with Crippen molar-refractivity contribution >= 4 is 23.5 Å². The summed E-state index contributed by atoms with van der Waals surface area (Å²) in [5.41, 5.74) is 0. The molecule has 0 unspecified atom stereocenters. The zero-order valence-corrected chi connectivity index (χ0v) is 11.9. The zero-order chi connectivity index (χ0) is 14.8. The van der Waals surface area contributed by atoms with Gasteiger partial charge in [-0.25, -0.2) is 0 Å². The Morgan fingerprint density at radius 3 is 2.50 bits per heavy atom. The predicted octanol–water partition coefficient (Wildman–Crippen LogP) is 2.48. The van der Waals surface area contributed by atoms with Gasteiger partial charge in [0.1, 0.15) is 5.75 Å². The largest absolute Gasteiger partial charge is 0.484 e. The van der Waals surface area contributed by atoms with Crippen LogP contribution in [0.5, 0.6) is 5.75 Å². The van der Waals surface area contributed by atoms with Crippen LogP contribution in [0.15, 0.2) is 24.3 Å². The molecule has 0 bridgehead atoms. The molecule has 1 amide bonds. The first-order valence-corrected chi connectivity index (χ1v) is 6.82. The first-order valence-electron chi connectivity index (χ1n) is 6.45. The summed E-state index contributed by atoms with van der Waals surface area (Å²) in [5.74, 6) is -0.394. The number of carboxylic acids is 1. The van der Waals surface area contributed by atoms with Gasteiger partial charge < -0.3 is 15.2 Å². The lowest BCUT2D eigenvalue weighted by molar-refractivity contribution is -0.137. The maximum Gasteiger partial charge on any atom is 0.303 e. The number of carboxylic acid groups (broad SMARTS) is 1. The molecule has 0 aliphatic heterocycles. The van der Waals surface area contributed by atoms with Crippen molar-refractivity contribution in [3.63, 3.8) is 0 Å². The highest BCUT2D eigenvalue weighted by Crippen LogP contribution is 2.15. The summed E-state index contributed by atoms with van der Waals surface area (Å²) in [5, 5.41) is 11.8. The van der Waals surface area contributed by atoms with Crippen molar-refractivity contribution in [3.8, 4) is 5.75 Å². The number of nitrogens with one attached hydrogen (secondary N) is 1. The standard InChI is InChI=1S/C14H18ClNO4/c15-11-5-7-12(8-6-11)20-10-13(17)16-9-3-1-2-4-14(18)19/h5-8H,1-4,9-10H2,(H,16,17)(H,18,19). The van der Waals surface area contributed by atoms with E-state index in [1.807, 2.05) is 0 Å². The smallest absolute Gasteiger partial charge is 0.303 e. The summed E-state index contributed by atoms with van der Waals surface area (Å²) in [6, 6.07) is 6.78. The summed E-state index contributed by atoms with van der Waals surface area (Å²) in [4.78, 5) is 21.8. The van der Waals surface area contributed by atoms with Crippen molar-refractivity contribution in [2.24, 2.45) is 0 Å². The number of aliphatic carboxylic acids is 1. The second-order valence-corrected chi connectivity index (χ2v) is 4.73. The number of benzene rings is 1. The van der Waals surface area contributed by atoms with Crippen LogP contribution in [0.1, 0.15) is 25.7 Å². The lowest BCUT2D eigenvalue weighted by Crippen LogP contribution is -2.29. The van der Waals surface area contributed by atoms with E-state index in [0.717, 1.165) is 12.8 Å². The van der Waals surface area contributed by atoms with Crippen molar-refractivity contribution in [2.75, 3.05) is 13.2 Å². The Morgan fingerprint density at radius 1 is 1.15 bits per heavy atom. The number of rotatable bonds is 9. The second-order valence-electron chi connectivity index (χ2n) is 4.30. The van der Waals surface area contributed by atoms with E-state index >= 15 is 0 Å². The van der Waals surface area contributed by atoms with E-state index in [4.69, 9.17) is 21.4 Å². The van der Waals surface area contributed by atoms with Gasteiger partial charge in [-0.15, -0.1) is 0 Å². The van der Waals surface area contributed by atoms with Gasteiger partial charge in [0, 0.05) is 18.0 Å². The number of carbonyl (C=O) groups is 2. The van der Waals surface area contributed by atoms with Crippen LogP contribution in [0.2, 0.25) is 5.02 Å². The van der Waals surface area contributed by atoms with E-state index in [0.29, 0.717) is 23.7 Å². The van der Waals surface area contributed by atoms with Gasteiger partial charge in [0.05, 0.1) is 0 Å². The molecule has 0 aliphatic carbocycles. The van der Waals surface area contributed by atoms with E-state index in [9.17, 15) is 9.59 Å². The van der Waals surface area contributed by atoms with Crippen LogP contribution in [-0.4, -0.2) is 30.1 Å². The highest BCUT2D eigenvalue weighted by Gasteiger charge is 2.02. The van der Waals surface area contributed by atoms with E-state index in [1.165, 1.54) is 0 Å². The first-order chi connectivity index (χ1) is 9.58. The van der Waals surface area contributed by atoms with Crippen LogP contribution >= 0.6 is 11.6 Å². The molecule has 1 rings (SSSR count). The first kappa shape index (κ1) is 16.3. The highest BCUT2D eigenvalue weighted by molar-refractivity contribution is 6.30. The third-order valence-corrected chi connectivity index (χ3v) is 2.83. The molecule has 0 aromatic heterocycles. The van der Waals surface area contributed by atoms with Crippen LogP contribution in [0, 0.1) is 0 Å². The van der Waals surface area contributed by atoms with Crippen molar-refractivity contribution in [3.05, 3.63) is 29.3 Å². The molecule has 1 aromatic rings. The third-order valence-electron chi connectivity index (χ3n) is 2.57. The zero-order valence-electron chi connectivity index (χ0n) is 11.1. The molecule has 0 spiro atoms. The maximum atomic E-state index is 11.5. The molecule has 0 fully saturated rings. The van der Waals surface area contributed by atoms with Crippen LogP contribution < -0.4 is 10.1 Å². The molecule has 0 heterocycles. The Labute approximate surface area is 122 Å². The van der Waals surface area contributed by atoms with Crippen molar-refractivity contribution in [1.82, 2.24) is 5.32 Å². The van der Waals surface area contributed by atoms with Gasteiger partial charge in [-0.3, -0.25) is 9.59 Å². The SMILES string of the molecule is O=C(O)CCCCCNC(=O)COc1ccc(Cl)cc1. The average Bonchev–Trinajstić information content (AvgIpc) is 2.41. The summed E-state index contributed by atoms with van der Waals surface area (Å²) in [6.45, 7) is 0.485. The molecule has 1 aromatic carbocycles. The van der Waals surface area contributed by atoms with Crippen LogP contribution in [0.3, 0.4) is 0 Å². The molecule has 0 saturated carbocycles. The summed E-state index contributed by atoms with van der Waals surface area (Å²) in [7, 11) is 0. The Morgan fingerprint density at radius 2 is 1.85 bits per heavy atom. The Kier molecular flexibility index (Phi) is 7.50. The summed E-state index contributed by atoms with van der Waals surface area (Å²) in [6.07, 6.45) is 2.35. The predicted molar refractivity (Wildman–Crippen MR) is 76.1 cm³/mol. The highest BCUT2D eigenvalue weighted by atomic mass is 35.5. The lowest BCUT2D eigenvalue weighted by atomic mass is 10.2. The summed E-state index contributed by atoms with van der Waals surface area (Å²) >= 11 is 5.73. The molecule has 20 heavy (non-hydrogen) atoms. The molecule has 2 N–H and O–H groups in total. The fourth-order valence-corrected chi connectivity index (χ4v) is 1.66. The monoisotopic (exact) mass is 299 g/mol. The van der Waals surface area contributed by atoms with Gasteiger partial charge in [-0.2, -0.15) is 0 Å². The van der Waals surface area contributed by atoms with Crippen molar-refractivity contribution < 1.29 is 19.4 Å². The van der Waals surface area contributed by atoms with Gasteiger partial charge in [0.25, 0.3) is 5.91 Å². The minimum atomic E-state index is -0.787. The molecule has 0 saturated heterocycles. The van der Waals surface area contributed by atoms with E-state index in [-0.39, 0.29) is 18.9 Å². The fourth-order valence-electron chi connectivity index (χ4n) is 1.54. The van der Waals surface area contributed by atoms with Crippen LogP contribution in [0.25, 0.3) is 0 Å². The number of halogens is 1. The Bertz CT molecular complexity index is 433. The Balaban J connectivity index is 2.06. The number of hydrogen-bond acceptors (Lipinski definition) is 3. The molecule has 110 valence electrons. The molecule has 5 nitrogen and oxygen atoms in total. The fraction of sp³-hybridized carbons (Fsp3) is 0.429. The van der Waals surface area contributed by atoms with E-state index in [2.05, 4.69) is 5.32 Å². The maximum absolute atomic E-state index is 11.5. The van der Waals surface area contributed by atoms with Crippen molar-refractivity contribution in [1.29, 1.82) is 0 Å². The molecule has 6 heteroatoms. The third kappa shape index (κ3) is 7.63. The topological polar surface area (TPSA) is 75.6 Å². The van der Waals surface area contributed by atoms with Gasteiger partial charge in [0.2, 0.25) is 0 Å². The number of amides is 1. The summed E-state index contributed by atoms with van der Waals surface area (Å²) < 4.78 is 5.28. The van der Waals surface area contributed by atoms with Gasteiger partial charge in [-0.1, -0.05) is 18.0 Å². The number of hydrogen-bond donors (Lipinski definition) is 2. The van der Waals surface area contributed by atoms with E-state index < -0.39 is 5.97 Å². The van der Waals surface area contributed by atoms with E-state index in [1.54, 1.807) is 24.3 Å². The van der Waals surface area contributed by atoms with Crippen LogP contribution in [-0.2, 0) is 9.59 Å². The number of unbranched alkanes of at least 4 members (excludes halogenated alkanes) is 2. The quantitative estimate of drug-likeness (QED) is 0.687. The minimum absolute atomic E-state index is 0.0449. The molecule has 0 aliphatic rings. The van der Waals surface area contributed by atoms with Gasteiger partial charge in [-0.05, 0) is 37.1 Å². The number of ether oxygens (including phenoxy) is 1. The average molecular weight is 300 g/mol. The Hall–Kier alpha value is -1.75. The molecular weight excluding hydrogens is 282 g/mol. The van der Waals surface area contributed by atoms with Crippen LogP contribution in [0.4, 0.5) is 0 Å². The normalized spacial score (nSPS) is 10.1. The molecule has 0 atom stereocenters. The number of carbonyl (C=O) groups excluding carboxylic acids is 1. The lowest BCUT2D eigenvalue weighted by Gasteiger charge is -2.07. The van der Waals surface area contributed by atoms with Gasteiger partial charge >= 0.3 is 5.97 Å². The molecule has 0 radical (unpaired) electrons. The van der Waals surface area contributed by atoms with Gasteiger partial charge in [0.15, 0.2) is 6.61 Å². The van der Waals surface area contributed by atoms with Crippen molar-refractivity contribution in [2.45, 2.75) is 25.7 Å². The molecular formula is C14H18ClNO4. The second kappa shape index (κ2) is 9.20.